The highest BCUT2D eigenvalue weighted by molar-refractivity contribution is 7.89. The molecule has 1 fully saturated rings. The number of sulfonamides is 1. The number of aromatic amines is 1. The van der Waals surface area contributed by atoms with Crippen LogP contribution in [0.2, 0.25) is 0 Å². The number of aryl methyl sites for hydroxylation is 2. The molecule has 1 aliphatic heterocycles. The van der Waals surface area contributed by atoms with Gasteiger partial charge in [0.15, 0.2) is 5.76 Å². The maximum Gasteiger partial charge on any atom is 0.272 e. The van der Waals surface area contributed by atoms with Gasteiger partial charge >= 0.3 is 0 Å². The van der Waals surface area contributed by atoms with Crippen molar-refractivity contribution in [3.8, 4) is 0 Å². The molecule has 3 aromatic heterocycles. The van der Waals surface area contributed by atoms with Gasteiger partial charge < -0.3 is 14.3 Å². The van der Waals surface area contributed by atoms with Gasteiger partial charge in [0.2, 0.25) is 10.0 Å². The van der Waals surface area contributed by atoms with Gasteiger partial charge in [-0.05, 0) is 44.9 Å². The molecule has 1 saturated heterocycles. The third-order valence-corrected chi connectivity index (χ3v) is 7.44. The normalized spacial score (nSPS) is 16.1. The average molecular weight is 433 g/mol. The van der Waals surface area contributed by atoms with Crippen LogP contribution in [0.3, 0.4) is 0 Å². The topological polar surface area (TPSA) is 134 Å². The van der Waals surface area contributed by atoms with Gasteiger partial charge in [0.25, 0.3) is 5.91 Å². The number of carbonyl (C=O) groups excluding carboxylic acids is 1. The van der Waals surface area contributed by atoms with E-state index in [1.54, 1.807) is 38.3 Å². The second-order valence-corrected chi connectivity index (χ2v) is 9.18. The van der Waals surface area contributed by atoms with Gasteiger partial charge in [-0.3, -0.25) is 9.89 Å². The number of amides is 1. The second kappa shape index (κ2) is 8.07. The first-order valence-electron chi connectivity index (χ1n) is 9.65. The fourth-order valence-electron chi connectivity index (χ4n) is 3.71. The van der Waals surface area contributed by atoms with Crippen LogP contribution in [0.25, 0.3) is 0 Å². The van der Waals surface area contributed by atoms with Crippen LogP contribution in [0.15, 0.2) is 38.3 Å². The molecule has 0 saturated carbocycles. The van der Waals surface area contributed by atoms with Crippen molar-refractivity contribution in [2.75, 3.05) is 13.1 Å². The SMILES string of the molecule is Cc1noc(C)c1S(=O)(=O)N1CCC(c2cc(C(=O)NCc3ccco3)n[nH]2)CC1. The van der Waals surface area contributed by atoms with Crippen molar-refractivity contribution in [1.29, 1.82) is 0 Å². The monoisotopic (exact) mass is 433 g/mol. The van der Waals surface area contributed by atoms with Gasteiger partial charge in [0.05, 0.1) is 12.8 Å². The van der Waals surface area contributed by atoms with Crippen LogP contribution in [0, 0.1) is 13.8 Å². The number of piperidine rings is 1. The molecule has 160 valence electrons. The smallest absolute Gasteiger partial charge is 0.272 e. The number of hydrogen-bond donors (Lipinski definition) is 2. The van der Waals surface area contributed by atoms with Crippen LogP contribution in [0.1, 0.15) is 52.2 Å². The first-order chi connectivity index (χ1) is 14.4. The molecule has 11 heteroatoms. The molecule has 2 N–H and O–H groups in total. The molecule has 0 aromatic carbocycles. The Morgan fingerprint density at radius 1 is 1.33 bits per heavy atom. The van der Waals surface area contributed by atoms with E-state index in [0.29, 0.717) is 48.8 Å². The lowest BCUT2D eigenvalue weighted by molar-refractivity contribution is 0.0943. The third-order valence-electron chi connectivity index (χ3n) is 5.29. The highest BCUT2D eigenvalue weighted by Gasteiger charge is 2.34. The lowest BCUT2D eigenvalue weighted by atomic mass is 9.94. The molecule has 1 aliphatic rings. The molecule has 0 spiro atoms. The lowest BCUT2D eigenvalue weighted by Gasteiger charge is -2.30. The second-order valence-electron chi connectivity index (χ2n) is 7.30. The number of furan rings is 1. The van der Waals surface area contributed by atoms with Crippen LogP contribution in [0.4, 0.5) is 0 Å². The van der Waals surface area contributed by atoms with E-state index in [-0.39, 0.29) is 23.3 Å². The minimum absolute atomic E-state index is 0.0974. The molecule has 4 heterocycles. The summed E-state index contributed by atoms with van der Waals surface area (Å²) in [7, 11) is -3.64. The van der Waals surface area contributed by atoms with Crippen molar-refractivity contribution in [1.82, 2.24) is 25.0 Å². The molecular weight excluding hydrogens is 410 g/mol. The molecule has 3 aromatic rings. The summed E-state index contributed by atoms with van der Waals surface area (Å²) in [4.78, 5) is 12.4. The Balaban J connectivity index is 1.37. The Morgan fingerprint density at radius 3 is 2.73 bits per heavy atom. The summed E-state index contributed by atoms with van der Waals surface area (Å²) in [5.41, 5.74) is 1.49. The van der Waals surface area contributed by atoms with Crippen molar-refractivity contribution in [3.05, 3.63) is 53.1 Å². The Morgan fingerprint density at radius 2 is 2.10 bits per heavy atom. The van der Waals surface area contributed by atoms with Crippen molar-refractivity contribution < 1.29 is 22.2 Å². The summed E-state index contributed by atoms with van der Waals surface area (Å²) < 4.78 is 37.6. The standard InChI is InChI=1S/C19H23N5O5S/c1-12-18(13(2)29-23-12)30(26,27)24-7-5-14(6-8-24)16-10-17(22-21-16)19(25)20-11-15-4-3-9-28-15/h3-4,9-10,14H,5-8,11H2,1-2H3,(H,20,25)(H,21,22). The van der Waals surface area contributed by atoms with E-state index < -0.39 is 10.0 Å². The quantitative estimate of drug-likeness (QED) is 0.608. The largest absolute Gasteiger partial charge is 0.467 e. The molecule has 0 unspecified atom stereocenters. The number of carbonyl (C=O) groups is 1. The summed E-state index contributed by atoms with van der Waals surface area (Å²) in [6.07, 6.45) is 2.79. The highest BCUT2D eigenvalue weighted by atomic mass is 32.2. The first kappa shape index (κ1) is 20.4. The van der Waals surface area contributed by atoms with Crippen molar-refractivity contribution >= 4 is 15.9 Å². The molecule has 1 amide bonds. The van der Waals surface area contributed by atoms with Gasteiger partial charge in [-0.2, -0.15) is 9.40 Å². The Labute approximate surface area is 173 Å². The zero-order valence-corrected chi connectivity index (χ0v) is 17.5. The molecule has 10 nitrogen and oxygen atoms in total. The van der Waals surface area contributed by atoms with Crippen molar-refractivity contribution in [2.24, 2.45) is 0 Å². The number of rotatable bonds is 6. The van der Waals surface area contributed by atoms with E-state index in [0.717, 1.165) is 5.69 Å². The van der Waals surface area contributed by atoms with Gasteiger partial charge in [-0.15, -0.1) is 0 Å². The Hall–Kier alpha value is -2.92. The molecule has 0 bridgehead atoms. The average Bonchev–Trinajstić information content (AvgIpc) is 3.48. The van der Waals surface area contributed by atoms with Crippen LogP contribution in [0.5, 0.6) is 0 Å². The maximum absolute atomic E-state index is 12.9. The highest BCUT2D eigenvalue weighted by Crippen LogP contribution is 2.31. The van der Waals surface area contributed by atoms with E-state index in [2.05, 4.69) is 20.7 Å². The van der Waals surface area contributed by atoms with E-state index >= 15 is 0 Å². The zero-order valence-electron chi connectivity index (χ0n) is 16.7. The van der Waals surface area contributed by atoms with Gasteiger partial charge in [0, 0.05) is 24.7 Å². The van der Waals surface area contributed by atoms with Crippen LogP contribution >= 0.6 is 0 Å². The van der Waals surface area contributed by atoms with E-state index in [1.165, 1.54) is 4.31 Å². The van der Waals surface area contributed by atoms with Gasteiger partial charge in [-0.1, -0.05) is 5.16 Å². The van der Waals surface area contributed by atoms with Crippen molar-refractivity contribution in [3.63, 3.8) is 0 Å². The summed E-state index contributed by atoms with van der Waals surface area (Å²) >= 11 is 0. The van der Waals surface area contributed by atoms with Crippen LogP contribution in [-0.4, -0.2) is 47.1 Å². The fourth-order valence-corrected chi connectivity index (χ4v) is 5.47. The molecule has 0 aliphatic carbocycles. The summed E-state index contributed by atoms with van der Waals surface area (Å²) in [6.45, 7) is 4.25. The molecule has 0 radical (unpaired) electrons. The molecule has 30 heavy (non-hydrogen) atoms. The lowest BCUT2D eigenvalue weighted by Crippen LogP contribution is -2.38. The molecule has 4 rings (SSSR count). The number of nitrogens with zero attached hydrogens (tertiary/aromatic N) is 3. The Bertz CT molecular complexity index is 1100. The number of H-pyrrole nitrogens is 1. The molecular formula is C19H23N5O5S. The predicted molar refractivity (Wildman–Crippen MR) is 105 cm³/mol. The van der Waals surface area contributed by atoms with E-state index in [9.17, 15) is 13.2 Å². The Kier molecular flexibility index (Phi) is 5.48. The van der Waals surface area contributed by atoms with E-state index in [4.69, 9.17) is 8.94 Å². The zero-order chi connectivity index (χ0) is 21.3. The predicted octanol–water partition coefficient (Wildman–Crippen LogP) is 2.11. The minimum atomic E-state index is -3.64. The van der Waals surface area contributed by atoms with E-state index in [1.807, 2.05) is 0 Å². The van der Waals surface area contributed by atoms with Gasteiger partial charge in [0.1, 0.15) is 22.0 Å². The minimum Gasteiger partial charge on any atom is -0.467 e. The summed E-state index contributed by atoms with van der Waals surface area (Å²) in [6, 6.07) is 5.26. The van der Waals surface area contributed by atoms with Crippen LogP contribution in [-0.2, 0) is 16.6 Å². The third kappa shape index (κ3) is 3.90. The maximum atomic E-state index is 12.9. The number of nitrogens with one attached hydrogen (secondary N) is 2. The number of hydrogen-bond acceptors (Lipinski definition) is 7. The molecule has 0 atom stereocenters. The summed E-state index contributed by atoms with van der Waals surface area (Å²) in [5, 5.41) is 13.5. The first-order valence-corrected chi connectivity index (χ1v) is 11.1. The fraction of sp³-hybridized carbons (Fsp3) is 0.421. The summed E-state index contributed by atoms with van der Waals surface area (Å²) in [5.74, 6) is 0.756. The van der Waals surface area contributed by atoms with Crippen molar-refractivity contribution in [2.45, 2.75) is 44.0 Å². The number of aromatic nitrogens is 3. The van der Waals surface area contributed by atoms with Gasteiger partial charge in [-0.25, -0.2) is 8.42 Å². The van der Waals surface area contributed by atoms with Crippen LogP contribution < -0.4 is 5.32 Å².